The van der Waals surface area contributed by atoms with Gasteiger partial charge in [-0.2, -0.15) is 0 Å². The molecule has 0 atom stereocenters. The molecule has 0 fully saturated rings. The Labute approximate surface area is 210 Å². The van der Waals surface area contributed by atoms with Crippen LogP contribution in [0.3, 0.4) is 0 Å². The highest BCUT2D eigenvalue weighted by Gasteiger charge is 2.16. The topological polar surface area (TPSA) is 78.9 Å². The fraction of sp³-hybridized carbons (Fsp3) is 0.107. The molecule has 0 aliphatic heterocycles. The van der Waals surface area contributed by atoms with Crippen LogP contribution in [0.4, 0.5) is 0 Å². The molecule has 0 N–H and O–H groups in total. The molecule has 36 heavy (non-hydrogen) atoms. The van der Waals surface area contributed by atoms with E-state index >= 15 is 0 Å². The van der Waals surface area contributed by atoms with Crippen LogP contribution < -0.4 is 9.47 Å². The second-order valence-electron chi connectivity index (χ2n) is 8.28. The second kappa shape index (κ2) is 9.31. The summed E-state index contributed by atoms with van der Waals surface area (Å²) in [6, 6.07) is 24.9. The molecule has 0 spiro atoms. The first kappa shape index (κ1) is 22.1. The standard InChI is InChI=1S/C28H21N3O4S/c1-33-28-30-31-16-22(29-27(31)36-28)26-15-21-24(11-6-12-25(21)35-26)34-17-19-8-5-7-18(13-19)14-23(32)20-9-3-2-4-10-20/h2-13,15-16H,14,17H2,1H3. The molecule has 0 aliphatic carbocycles. The third-order valence-corrected chi connectivity index (χ3v) is 6.70. The van der Waals surface area contributed by atoms with Crippen LogP contribution >= 0.6 is 11.3 Å². The van der Waals surface area contributed by atoms with Gasteiger partial charge >= 0.3 is 0 Å². The number of fused-ring (bicyclic) bond motifs is 2. The Balaban J connectivity index is 1.20. The van der Waals surface area contributed by atoms with E-state index in [1.54, 1.807) is 11.6 Å². The van der Waals surface area contributed by atoms with E-state index in [0.29, 0.717) is 46.6 Å². The van der Waals surface area contributed by atoms with E-state index in [-0.39, 0.29) is 5.78 Å². The van der Waals surface area contributed by atoms with E-state index in [9.17, 15) is 4.79 Å². The summed E-state index contributed by atoms with van der Waals surface area (Å²) >= 11 is 1.36. The van der Waals surface area contributed by atoms with Crippen molar-refractivity contribution in [1.29, 1.82) is 0 Å². The van der Waals surface area contributed by atoms with Crippen molar-refractivity contribution >= 4 is 33.1 Å². The summed E-state index contributed by atoms with van der Waals surface area (Å²) < 4.78 is 19.1. The Morgan fingerprint density at radius 1 is 1.00 bits per heavy atom. The van der Waals surface area contributed by atoms with Crippen molar-refractivity contribution in [2.24, 2.45) is 0 Å². The molecule has 7 nitrogen and oxygen atoms in total. The molecule has 0 unspecified atom stereocenters. The number of ketones is 1. The van der Waals surface area contributed by atoms with Crippen LogP contribution in [-0.2, 0) is 13.0 Å². The molecule has 3 aromatic heterocycles. The van der Waals surface area contributed by atoms with Gasteiger partial charge in [0.1, 0.15) is 23.6 Å². The Morgan fingerprint density at radius 3 is 2.67 bits per heavy atom. The summed E-state index contributed by atoms with van der Waals surface area (Å²) in [6.45, 7) is 0.372. The molecular weight excluding hydrogens is 474 g/mol. The average Bonchev–Trinajstić information content (AvgIpc) is 3.61. The van der Waals surface area contributed by atoms with Gasteiger partial charge in [-0.05, 0) is 40.7 Å². The first-order valence-electron chi connectivity index (χ1n) is 11.4. The number of ether oxygens (including phenoxy) is 2. The normalized spacial score (nSPS) is 11.2. The lowest BCUT2D eigenvalue weighted by atomic mass is 10.0. The fourth-order valence-electron chi connectivity index (χ4n) is 4.07. The first-order chi connectivity index (χ1) is 17.7. The molecule has 178 valence electrons. The third-order valence-electron chi connectivity index (χ3n) is 5.82. The van der Waals surface area contributed by atoms with Gasteiger partial charge in [0.25, 0.3) is 5.19 Å². The van der Waals surface area contributed by atoms with Crippen LogP contribution in [0.2, 0.25) is 0 Å². The predicted molar refractivity (Wildman–Crippen MR) is 138 cm³/mol. The van der Waals surface area contributed by atoms with E-state index in [1.165, 1.54) is 11.3 Å². The average molecular weight is 496 g/mol. The van der Waals surface area contributed by atoms with Gasteiger partial charge in [-0.25, -0.2) is 9.50 Å². The molecule has 6 rings (SSSR count). The van der Waals surface area contributed by atoms with Gasteiger partial charge in [0, 0.05) is 12.0 Å². The SMILES string of the molecule is COc1nn2cc(-c3cc4c(OCc5cccc(CC(=O)c6ccccc6)c5)cccc4o3)nc2s1. The van der Waals surface area contributed by atoms with Crippen LogP contribution in [0.1, 0.15) is 21.5 Å². The van der Waals surface area contributed by atoms with Crippen molar-refractivity contribution in [3.8, 4) is 22.4 Å². The Morgan fingerprint density at radius 2 is 1.83 bits per heavy atom. The number of benzene rings is 3. The zero-order chi connectivity index (χ0) is 24.5. The second-order valence-corrected chi connectivity index (χ2v) is 9.20. The number of carbonyl (C=O) groups excluding carboxylic acids is 1. The molecule has 0 saturated carbocycles. The van der Waals surface area contributed by atoms with Crippen molar-refractivity contribution in [2.75, 3.05) is 7.11 Å². The number of Topliss-reactive ketones (excluding diaryl/α,β-unsaturated/α-hetero) is 1. The van der Waals surface area contributed by atoms with Crippen LogP contribution in [0.15, 0.2) is 89.5 Å². The van der Waals surface area contributed by atoms with Crippen molar-refractivity contribution in [1.82, 2.24) is 14.6 Å². The highest BCUT2D eigenvalue weighted by atomic mass is 32.1. The summed E-state index contributed by atoms with van der Waals surface area (Å²) in [5.74, 6) is 1.45. The number of rotatable bonds is 8. The van der Waals surface area contributed by atoms with Crippen molar-refractivity contribution < 1.29 is 18.7 Å². The Kier molecular flexibility index (Phi) is 5.71. The molecule has 3 aromatic carbocycles. The van der Waals surface area contributed by atoms with Crippen LogP contribution in [-0.4, -0.2) is 27.5 Å². The number of hydrogen-bond donors (Lipinski definition) is 0. The lowest BCUT2D eigenvalue weighted by Gasteiger charge is -2.09. The summed E-state index contributed by atoms with van der Waals surface area (Å²) in [5, 5.41) is 5.74. The van der Waals surface area contributed by atoms with Crippen molar-refractivity contribution in [3.63, 3.8) is 0 Å². The molecule has 6 aromatic rings. The number of hydrogen-bond acceptors (Lipinski definition) is 7. The zero-order valence-electron chi connectivity index (χ0n) is 19.4. The van der Waals surface area contributed by atoms with Gasteiger partial charge in [0.2, 0.25) is 4.96 Å². The first-order valence-corrected chi connectivity index (χ1v) is 12.2. The van der Waals surface area contributed by atoms with Gasteiger partial charge in [-0.3, -0.25) is 4.79 Å². The number of furan rings is 1. The largest absolute Gasteiger partial charge is 0.488 e. The number of imidazole rings is 1. The monoisotopic (exact) mass is 495 g/mol. The number of carbonyl (C=O) groups is 1. The third kappa shape index (κ3) is 4.34. The molecule has 3 heterocycles. The molecule has 0 saturated heterocycles. The van der Waals surface area contributed by atoms with E-state index in [0.717, 1.165) is 21.5 Å². The van der Waals surface area contributed by atoms with E-state index in [4.69, 9.17) is 13.9 Å². The molecule has 8 heteroatoms. The zero-order valence-corrected chi connectivity index (χ0v) is 20.2. The minimum atomic E-state index is 0.0946. The maximum Gasteiger partial charge on any atom is 0.294 e. The van der Waals surface area contributed by atoms with Crippen LogP contribution in [0.25, 0.3) is 27.4 Å². The molecule has 0 amide bonds. The van der Waals surface area contributed by atoms with Gasteiger partial charge in [0.15, 0.2) is 11.5 Å². The minimum Gasteiger partial charge on any atom is -0.488 e. The molecule has 0 aliphatic rings. The van der Waals surface area contributed by atoms with Crippen molar-refractivity contribution in [3.05, 3.63) is 102 Å². The number of nitrogens with zero attached hydrogens (tertiary/aromatic N) is 3. The maximum absolute atomic E-state index is 12.6. The molecule has 0 radical (unpaired) electrons. The van der Waals surface area contributed by atoms with Crippen molar-refractivity contribution in [2.45, 2.75) is 13.0 Å². The summed E-state index contributed by atoms with van der Waals surface area (Å²) in [7, 11) is 1.58. The smallest absolute Gasteiger partial charge is 0.294 e. The van der Waals surface area contributed by atoms with Gasteiger partial charge < -0.3 is 13.9 Å². The highest BCUT2D eigenvalue weighted by molar-refractivity contribution is 7.18. The fourth-order valence-corrected chi connectivity index (χ4v) is 4.77. The highest BCUT2D eigenvalue weighted by Crippen LogP contribution is 2.34. The summed E-state index contributed by atoms with van der Waals surface area (Å²) in [5.41, 5.74) is 4.07. The van der Waals surface area contributed by atoms with E-state index in [2.05, 4.69) is 10.1 Å². The van der Waals surface area contributed by atoms with Crippen LogP contribution in [0, 0.1) is 0 Å². The Hall–Kier alpha value is -4.43. The van der Waals surface area contributed by atoms with E-state index < -0.39 is 0 Å². The molecule has 0 bridgehead atoms. The number of methoxy groups -OCH3 is 1. The lowest BCUT2D eigenvalue weighted by molar-refractivity contribution is 0.0993. The number of aromatic nitrogens is 3. The van der Waals surface area contributed by atoms with Gasteiger partial charge in [-0.1, -0.05) is 60.7 Å². The predicted octanol–water partition coefficient (Wildman–Crippen LogP) is 6.22. The summed E-state index contributed by atoms with van der Waals surface area (Å²) in [4.78, 5) is 17.9. The van der Waals surface area contributed by atoms with Gasteiger partial charge in [0.05, 0.1) is 18.7 Å². The Bertz CT molecular complexity index is 1650. The minimum absolute atomic E-state index is 0.0946. The maximum atomic E-state index is 12.6. The quantitative estimate of drug-likeness (QED) is 0.233. The lowest BCUT2D eigenvalue weighted by Crippen LogP contribution is -2.04. The van der Waals surface area contributed by atoms with E-state index in [1.807, 2.05) is 85.1 Å². The van der Waals surface area contributed by atoms with Crippen LogP contribution in [0.5, 0.6) is 10.9 Å². The summed E-state index contributed by atoms with van der Waals surface area (Å²) in [6.07, 6.45) is 2.16. The molecular formula is C28H21N3O4S. The van der Waals surface area contributed by atoms with Gasteiger partial charge in [-0.15, -0.1) is 5.10 Å².